The Morgan fingerprint density at radius 1 is 1.38 bits per heavy atom. The minimum absolute atomic E-state index is 0.0830. The van der Waals surface area contributed by atoms with E-state index in [4.69, 9.17) is 14.2 Å². The lowest BCUT2D eigenvalue weighted by Gasteiger charge is -2.07. The standard InChI is InChI=1S/C14H14N2O4S/c1-15-14-16(2)13(17)12(21-14)5-8-4-10-11(20-7-19-10)6-9(8)18-3/h4-6H,7H2,1-3H3. The van der Waals surface area contributed by atoms with Gasteiger partial charge < -0.3 is 14.2 Å². The van der Waals surface area contributed by atoms with Gasteiger partial charge in [-0.15, -0.1) is 0 Å². The van der Waals surface area contributed by atoms with Crippen molar-refractivity contribution in [2.24, 2.45) is 4.99 Å². The first-order chi connectivity index (χ1) is 10.1. The van der Waals surface area contributed by atoms with Gasteiger partial charge in [0, 0.05) is 25.7 Å². The lowest BCUT2D eigenvalue weighted by molar-refractivity contribution is -0.121. The van der Waals surface area contributed by atoms with Gasteiger partial charge in [-0.1, -0.05) is 0 Å². The van der Waals surface area contributed by atoms with Crippen LogP contribution in [0, 0.1) is 0 Å². The maximum atomic E-state index is 12.2. The molecule has 3 rings (SSSR count). The van der Waals surface area contributed by atoms with Crippen molar-refractivity contribution < 1.29 is 19.0 Å². The van der Waals surface area contributed by atoms with Crippen LogP contribution < -0.4 is 14.2 Å². The summed E-state index contributed by atoms with van der Waals surface area (Å²) in [5, 5.41) is 0.672. The largest absolute Gasteiger partial charge is 0.496 e. The smallest absolute Gasteiger partial charge is 0.266 e. The van der Waals surface area contributed by atoms with Crippen LogP contribution in [0.15, 0.2) is 22.0 Å². The molecule has 0 saturated carbocycles. The molecule has 1 aromatic carbocycles. The van der Waals surface area contributed by atoms with Crippen molar-refractivity contribution in [2.45, 2.75) is 0 Å². The van der Waals surface area contributed by atoms with Crippen molar-refractivity contribution in [2.75, 3.05) is 28.0 Å². The Morgan fingerprint density at radius 3 is 2.71 bits per heavy atom. The van der Waals surface area contributed by atoms with E-state index < -0.39 is 0 Å². The SMILES string of the molecule is CN=C1SC(=Cc2cc3c(cc2OC)OCO3)C(=O)N1C. The molecular weight excluding hydrogens is 292 g/mol. The molecule has 0 aromatic heterocycles. The van der Waals surface area contributed by atoms with Crippen LogP contribution in [0.3, 0.4) is 0 Å². The van der Waals surface area contributed by atoms with E-state index in [-0.39, 0.29) is 12.7 Å². The molecule has 1 aromatic rings. The monoisotopic (exact) mass is 306 g/mol. The number of fused-ring (bicyclic) bond motifs is 1. The Morgan fingerprint density at radius 2 is 2.10 bits per heavy atom. The van der Waals surface area contributed by atoms with E-state index in [1.165, 1.54) is 16.7 Å². The zero-order valence-corrected chi connectivity index (χ0v) is 12.7. The van der Waals surface area contributed by atoms with Crippen molar-refractivity contribution in [3.63, 3.8) is 0 Å². The number of benzene rings is 1. The summed E-state index contributed by atoms with van der Waals surface area (Å²) in [6.07, 6.45) is 1.78. The molecule has 0 radical (unpaired) electrons. The molecule has 2 heterocycles. The number of nitrogens with zero attached hydrogens (tertiary/aromatic N) is 2. The number of carbonyl (C=O) groups is 1. The minimum Gasteiger partial charge on any atom is -0.496 e. The van der Waals surface area contributed by atoms with E-state index in [1.807, 2.05) is 6.07 Å². The van der Waals surface area contributed by atoms with E-state index >= 15 is 0 Å². The number of hydrogen-bond donors (Lipinski definition) is 0. The molecule has 1 saturated heterocycles. The Labute approximate surface area is 126 Å². The van der Waals surface area contributed by atoms with Gasteiger partial charge in [0.05, 0.1) is 12.0 Å². The van der Waals surface area contributed by atoms with Crippen LogP contribution in [-0.4, -0.2) is 44.0 Å². The summed E-state index contributed by atoms with van der Waals surface area (Å²) in [5.74, 6) is 1.84. The average Bonchev–Trinajstić information content (AvgIpc) is 3.05. The number of hydrogen-bond acceptors (Lipinski definition) is 6. The second kappa shape index (κ2) is 5.33. The molecule has 7 heteroatoms. The van der Waals surface area contributed by atoms with Gasteiger partial charge >= 0.3 is 0 Å². The van der Waals surface area contributed by atoms with E-state index in [2.05, 4.69) is 4.99 Å². The first-order valence-electron chi connectivity index (χ1n) is 6.26. The molecule has 0 N–H and O–H groups in total. The third-order valence-corrected chi connectivity index (χ3v) is 4.36. The second-order valence-corrected chi connectivity index (χ2v) is 5.44. The third kappa shape index (κ3) is 2.33. The normalized spacial score (nSPS) is 20.7. The molecule has 0 atom stereocenters. The number of amidine groups is 1. The summed E-state index contributed by atoms with van der Waals surface area (Å²) in [6.45, 7) is 0.196. The molecule has 2 aliphatic heterocycles. The topological polar surface area (TPSA) is 60.4 Å². The van der Waals surface area contributed by atoms with E-state index in [0.717, 1.165) is 5.56 Å². The average molecular weight is 306 g/mol. The number of carbonyl (C=O) groups excluding carboxylic acids is 1. The lowest BCUT2D eigenvalue weighted by Crippen LogP contribution is -2.23. The highest BCUT2D eigenvalue weighted by atomic mass is 32.2. The number of aliphatic imine (C=N–C) groups is 1. The Hall–Kier alpha value is -2.15. The number of thioether (sulfide) groups is 1. The summed E-state index contributed by atoms with van der Waals surface area (Å²) < 4.78 is 16.0. The summed E-state index contributed by atoms with van der Waals surface area (Å²) in [6, 6.07) is 3.57. The third-order valence-electron chi connectivity index (χ3n) is 3.21. The van der Waals surface area contributed by atoms with Gasteiger partial charge in [-0.05, 0) is 23.9 Å². The van der Waals surface area contributed by atoms with Gasteiger partial charge in [-0.2, -0.15) is 0 Å². The summed E-state index contributed by atoms with van der Waals surface area (Å²) in [7, 11) is 4.94. The maximum absolute atomic E-state index is 12.2. The van der Waals surface area contributed by atoms with Crippen molar-refractivity contribution in [3.05, 3.63) is 22.6 Å². The Bertz CT molecular complexity index is 669. The Balaban J connectivity index is 2.02. The number of likely N-dealkylation sites (N-methyl/N-ethyl adjacent to an activating group) is 1. The molecule has 6 nitrogen and oxygen atoms in total. The van der Waals surface area contributed by atoms with Gasteiger partial charge in [0.1, 0.15) is 5.75 Å². The van der Waals surface area contributed by atoms with Gasteiger partial charge in [0.25, 0.3) is 5.91 Å². The minimum atomic E-state index is -0.0830. The van der Waals surface area contributed by atoms with Crippen molar-refractivity contribution >= 4 is 28.9 Å². The predicted octanol–water partition coefficient (Wildman–Crippen LogP) is 1.96. The van der Waals surface area contributed by atoms with Crippen LogP contribution >= 0.6 is 11.8 Å². The lowest BCUT2D eigenvalue weighted by atomic mass is 10.1. The quantitative estimate of drug-likeness (QED) is 0.782. The first kappa shape index (κ1) is 13.8. The van der Waals surface area contributed by atoms with Crippen LogP contribution in [-0.2, 0) is 4.79 Å². The zero-order valence-electron chi connectivity index (χ0n) is 11.9. The zero-order chi connectivity index (χ0) is 15.0. The van der Waals surface area contributed by atoms with Crippen LogP contribution in [0.25, 0.3) is 6.08 Å². The number of rotatable bonds is 2. The maximum Gasteiger partial charge on any atom is 0.266 e. The van der Waals surface area contributed by atoms with E-state index in [0.29, 0.717) is 27.3 Å². The molecule has 0 aliphatic carbocycles. The molecule has 0 unspecified atom stereocenters. The van der Waals surface area contributed by atoms with Gasteiger partial charge in [0.2, 0.25) is 6.79 Å². The molecule has 2 aliphatic rings. The molecule has 0 spiro atoms. The Kier molecular flexibility index (Phi) is 3.50. The van der Waals surface area contributed by atoms with Crippen LogP contribution in [0.1, 0.15) is 5.56 Å². The number of amides is 1. The van der Waals surface area contributed by atoms with Crippen molar-refractivity contribution in [3.8, 4) is 17.2 Å². The first-order valence-corrected chi connectivity index (χ1v) is 7.07. The summed E-state index contributed by atoms with van der Waals surface area (Å²) >= 11 is 1.33. The van der Waals surface area contributed by atoms with Crippen LogP contribution in [0.5, 0.6) is 17.2 Å². The molecule has 0 bridgehead atoms. The highest BCUT2D eigenvalue weighted by Gasteiger charge is 2.30. The van der Waals surface area contributed by atoms with Crippen molar-refractivity contribution in [1.29, 1.82) is 0 Å². The van der Waals surface area contributed by atoms with Crippen LogP contribution in [0.4, 0.5) is 0 Å². The fraction of sp³-hybridized carbons (Fsp3) is 0.286. The fourth-order valence-electron chi connectivity index (χ4n) is 2.12. The fourth-order valence-corrected chi connectivity index (χ4v) is 3.04. The number of methoxy groups -OCH3 is 1. The molecule has 1 amide bonds. The van der Waals surface area contributed by atoms with Gasteiger partial charge in [-0.25, -0.2) is 0 Å². The highest BCUT2D eigenvalue weighted by molar-refractivity contribution is 8.18. The summed E-state index contributed by atoms with van der Waals surface area (Å²) in [5.41, 5.74) is 0.767. The van der Waals surface area contributed by atoms with Gasteiger partial charge in [-0.3, -0.25) is 14.7 Å². The van der Waals surface area contributed by atoms with Crippen LogP contribution in [0.2, 0.25) is 0 Å². The molecule has 21 heavy (non-hydrogen) atoms. The highest BCUT2D eigenvalue weighted by Crippen LogP contribution is 2.40. The molecular formula is C14H14N2O4S. The van der Waals surface area contributed by atoms with Crippen molar-refractivity contribution in [1.82, 2.24) is 4.90 Å². The number of ether oxygens (including phenoxy) is 3. The predicted molar refractivity (Wildman–Crippen MR) is 80.8 cm³/mol. The molecule has 1 fully saturated rings. The summed E-state index contributed by atoms with van der Waals surface area (Å²) in [4.78, 5) is 18.4. The van der Waals surface area contributed by atoms with E-state index in [1.54, 1.807) is 33.3 Å². The second-order valence-electron chi connectivity index (χ2n) is 4.43. The molecule has 110 valence electrons. The van der Waals surface area contributed by atoms with Gasteiger partial charge in [0.15, 0.2) is 16.7 Å². The van der Waals surface area contributed by atoms with E-state index in [9.17, 15) is 4.79 Å².